The second kappa shape index (κ2) is 7.06. The first kappa shape index (κ1) is 17.4. The Bertz CT molecular complexity index is 1200. The van der Waals surface area contributed by atoms with E-state index in [1.54, 1.807) is 12.5 Å². The van der Waals surface area contributed by atoms with Crippen molar-refractivity contribution in [2.75, 3.05) is 0 Å². The van der Waals surface area contributed by atoms with Crippen LogP contribution in [0.3, 0.4) is 0 Å². The molecule has 2 aromatic heterocycles. The smallest absolute Gasteiger partial charge is 0.267 e. The van der Waals surface area contributed by atoms with Gasteiger partial charge in [0.05, 0.1) is 12.5 Å². The average Bonchev–Trinajstić information content (AvgIpc) is 3.38. The highest BCUT2D eigenvalue weighted by Crippen LogP contribution is 2.32. The molecular weight excluding hydrogens is 364 g/mol. The highest BCUT2D eigenvalue weighted by molar-refractivity contribution is 5.82. The van der Waals surface area contributed by atoms with E-state index < -0.39 is 6.29 Å². The van der Waals surface area contributed by atoms with Crippen LogP contribution in [0.4, 0.5) is 0 Å². The number of rotatable bonds is 5. The summed E-state index contributed by atoms with van der Waals surface area (Å²) in [5.74, 6) is 1.46. The van der Waals surface area contributed by atoms with Gasteiger partial charge in [0.25, 0.3) is 6.29 Å². The van der Waals surface area contributed by atoms with Crippen LogP contribution in [-0.2, 0) is 0 Å². The van der Waals surface area contributed by atoms with Crippen molar-refractivity contribution in [2.45, 2.75) is 20.1 Å². The van der Waals surface area contributed by atoms with Crippen molar-refractivity contribution in [3.05, 3.63) is 95.9 Å². The highest BCUT2D eigenvalue weighted by Gasteiger charge is 2.18. The number of furan rings is 2. The third-order valence-electron chi connectivity index (χ3n) is 4.98. The number of ether oxygens (including phenoxy) is 2. The summed E-state index contributed by atoms with van der Waals surface area (Å²) < 4.78 is 23.7. The summed E-state index contributed by atoms with van der Waals surface area (Å²) in [7, 11) is 0. The molecule has 4 nitrogen and oxygen atoms in total. The van der Waals surface area contributed by atoms with Crippen molar-refractivity contribution in [1.82, 2.24) is 0 Å². The summed E-state index contributed by atoms with van der Waals surface area (Å²) in [6, 6.07) is 21.7. The molecular formula is C25H20O4. The Morgan fingerprint density at radius 3 is 1.69 bits per heavy atom. The fourth-order valence-corrected chi connectivity index (χ4v) is 3.61. The molecule has 0 atom stereocenters. The summed E-state index contributed by atoms with van der Waals surface area (Å²) in [5.41, 5.74) is 4.71. The number of fused-ring (bicyclic) bond motifs is 2. The van der Waals surface area contributed by atoms with E-state index in [2.05, 4.69) is 0 Å². The lowest BCUT2D eigenvalue weighted by molar-refractivity contribution is 0.00395. The van der Waals surface area contributed by atoms with Gasteiger partial charge in [0.1, 0.15) is 22.7 Å². The predicted octanol–water partition coefficient (Wildman–Crippen LogP) is 6.95. The Balaban J connectivity index is 1.52. The molecule has 5 rings (SSSR count). The van der Waals surface area contributed by atoms with Crippen LogP contribution < -0.4 is 9.47 Å². The maximum absolute atomic E-state index is 6.31. The van der Waals surface area contributed by atoms with Crippen LogP contribution in [-0.4, -0.2) is 0 Å². The lowest BCUT2D eigenvalue weighted by atomic mass is 10.1. The summed E-state index contributed by atoms with van der Waals surface area (Å²) >= 11 is 0. The summed E-state index contributed by atoms with van der Waals surface area (Å²) in [6.07, 6.45) is 2.79. The second-order valence-corrected chi connectivity index (χ2v) is 7.14. The Morgan fingerprint density at radius 2 is 1.17 bits per heavy atom. The van der Waals surface area contributed by atoms with Gasteiger partial charge in [0.2, 0.25) is 0 Å². The third kappa shape index (κ3) is 3.34. The predicted molar refractivity (Wildman–Crippen MR) is 112 cm³/mol. The molecule has 2 heterocycles. The van der Waals surface area contributed by atoms with E-state index in [9.17, 15) is 0 Å². The first-order valence-corrected chi connectivity index (χ1v) is 9.51. The number of aryl methyl sites for hydroxylation is 2. The lowest BCUT2D eigenvalue weighted by Gasteiger charge is -2.21. The Kier molecular flexibility index (Phi) is 4.24. The first-order valence-electron chi connectivity index (χ1n) is 9.51. The van der Waals surface area contributed by atoms with Gasteiger partial charge in [-0.2, -0.15) is 0 Å². The van der Waals surface area contributed by atoms with Crippen LogP contribution in [0.5, 0.6) is 11.5 Å². The van der Waals surface area contributed by atoms with Gasteiger partial charge in [-0.25, -0.2) is 0 Å². The van der Waals surface area contributed by atoms with Gasteiger partial charge in [0.15, 0.2) is 0 Å². The molecule has 5 aromatic rings. The molecule has 0 bridgehead atoms. The summed E-state index contributed by atoms with van der Waals surface area (Å²) in [6.45, 7) is 4.01. The van der Waals surface area contributed by atoms with Crippen molar-refractivity contribution in [2.24, 2.45) is 0 Å². The molecule has 4 heteroatoms. The van der Waals surface area contributed by atoms with Gasteiger partial charge in [-0.15, -0.1) is 0 Å². The van der Waals surface area contributed by atoms with Crippen molar-refractivity contribution in [1.29, 1.82) is 0 Å². The third-order valence-corrected chi connectivity index (χ3v) is 4.98. The molecule has 0 N–H and O–H groups in total. The quantitative estimate of drug-likeness (QED) is 0.308. The van der Waals surface area contributed by atoms with E-state index in [4.69, 9.17) is 18.3 Å². The van der Waals surface area contributed by atoms with Gasteiger partial charge in [-0.1, -0.05) is 30.3 Å². The minimum absolute atomic E-state index is 0.594. The van der Waals surface area contributed by atoms with Crippen LogP contribution >= 0.6 is 0 Å². The zero-order valence-electron chi connectivity index (χ0n) is 16.2. The monoisotopic (exact) mass is 384 g/mol. The van der Waals surface area contributed by atoms with E-state index in [1.165, 1.54) is 0 Å². The Hall–Kier alpha value is -3.66. The molecule has 0 saturated carbocycles. The molecule has 0 fully saturated rings. The minimum Gasteiger partial charge on any atom is -0.464 e. The maximum atomic E-state index is 6.31. The molecule has 0 unspecified atom stereocenters. The minimum atomic E-state index is -0.594. The topological polar surface area (TPSA) is 44.7 Å². The second-order valence-electron chi connectivity index (χ2n) is 7.14. The van der Waals surface area contributed by atoms with Crippen LogP contribution in [0.1, 0.15) is 23.0 Å². The van der Waals surface area contributed by atoms with Crippen molar-refractivity contribution >= 4 is 21.9 Å². The van der Waals surface area contributed by atoms with Crippen molar-refractivity contribution < 1.29 is 18.3 Å². The van der Waals surface area contributed by atoms with Gasteiger partial charge < -0.3 is 18.3 Å². The average molecular weight is 384 g/mol. The first-order chi connectivity index (χ1) is 14.2. The van der Waals surface area contributed by atoms with Crippen LogP contribution in [0, 0.1) is 13.8 Å². The van der Waals surface area contributed by atoms with Gasteiger partial charge in [-0.3, -0.25) is 0 Å². The largest absolute Gasteiger partial charge is 0.464 e. The van der Waals surface area contributed by atoms with Crippen LogP contribution in [0.15, 0.2) is 88.1 Å². The zero-order chi connectivity index (χ0) is 19.8. The molecule has 0 aliphatic carbocycles. The van der Waals surface area contributed by atoms with E-state index in [0.717, 1.165) is 50.1 Å². The molecule has 0 amide bonds. The molecule has 0 spiro atoms. The van der Waals surface area contributed by atoms with Crippen LogP contribution in [0.2, 0.25) is 0 Å². The van der Waals surface area contributed by atoms with Gasteiger partial charge in [0, 0.05) is 16.3 Å². The van der Waals surface area contributed by atoms with Crippen LogP contribution in [0.25, 0.3) is 21.9 Å². The molecule has 0 radical (unpaired) electrons. The van der Waals surface area contributed by atoms with Gasteiger partial charge >= 0.3 is 0 Å². The highest BCUT2D eigenvalue weighted by atomic mass is 16.7. The lowest BCUT2D eigenvalue weighted by Crippen LogP contribution is -2.15. The van der Waals surface area contributed by atoms with E-state index in [-0.39, 0.29) is 0 Å². The molecule has 29 heavy (non-hydrogen) atoms. The van der Waals surface area contributed by atoms with E-state index >= 15 is 0 Å². The molecule has 0 saturated heterocycles. The summed E-state index contributed by atoms with van der Waals surface area (Å²) in [4.78, 5) is 0. The molecule has 3 aromatic carbocycles. The number of benzene rings is 3. The zero-order valence-corrected chi connectivity index (χ0v) is 16.2. The standard InChI is InChI=1S/C25H20O4/c1-16-12-21(14-19-8-10-26-23(16)19)28-25(18-6-4-3-5-7-18)29-22-13-17(2)24-20(15-22)9-11-27-24/h3-15,25H,1-2H3. The maximum Gasteiger partial charge on any atom is 0.267 e. The SMILES string of the molecule is Cc1cc(OC(Oc2cc(C)c3occc3c2)c2ccccc2)cc2ccoc12. The molecule has 0 aliphatic rings. The molecule has 0 aliphatic heterocycles. The number of hydrogen-bond acceptors (Lipinski definition) is 4. The fraction of sp³-hybridized carbons (Fsp3) is 0.120. The van der Waals surface area contributed by atoms with E-state index in [0.29, 0.717) is 0 Å². The van der Waals surface area contributed by atoms with Crippen molar-refractivity contribution in [3.8, 4) is 11.5 Å². The Labute approximate surface area is 168 Å². The van der Waals surface area contributed by atoms with Crippen molar-refractivity contribution in [3.63, 3.8) is 0 Å². The number of hydrogen-bond donors (Lipinski definition) is 0. The Morgan fingerprint density at radius 1 is 0.655 bits per heavy atom. The normalized spacial score (nSPS) is 11.4. The van der Waals surface area contributed by atoms with E-state index in [1.807, 2.05) is 80.6 Å². The molecule has 144 valence electrons. The summed E-state index contributed by atoms with van der Waals surface area (Å²) in [5, 5.41) is 2.00. The van der Waals surface area contributed by atoms with Gasteiger partial charge in [-0.05, 0) is 61.4 Å². The fourth-order valence-electron chi connectivity index (χ4n) is 3.61.